The zero-order valence-electron chi connectivity index (χ0n) is 15.7. The van der Waals surface area contributed by atoms with Crippen LogP contribution in [0.15, 0.2) is 47.8 Å². The van der Waals surface area contributed by atoms with E-state index in [-0.39, 0.29) is 23.4 Å². The number of carbonyl (C=O) groups is 2. The third kappa shape index (κ3) is 4.82. The number of rotatable bonds is 6. The van der Waals surface area contributed by atoms with Gasteiger partial charge in [0, 0.05) is 28.6 Å². The van der Waals surface area contributed by atoms with Crippen LogP contribution in [0.5, 0.6) is 0 Å². The van der Waals surface area contributed by atoms with Crippen molar-refractivity contribution in [3.63, 3.8) is 0 Å². The monoisotopic (exact) mass is 411 g/mol. The number of thiazole rings is 1. The Morgan fingerprint density at radius 1 is 1.17 bits per heavy atom. The molecule has 0 fully saturated rings. The number of ether oxygens (including phenoxy) is 1. The van der Waals surface area contributed by atoms with Crippen molar-refractivity contribution in [1.29, 1.82) is 0 Å². The van der Waals surface area contributed by atoms with Crippen molar-refractivity contribution in [3.05, 3.63) is 74.6 Å². The van der Waals surface area contributed by atoms with Crippen molar-refractivity contribution in [2.45, 2.75) is 13.8 Å². The van der Waals surface area contributed by atoms with Gasteiger partial charge in [-0.15, -0.1) is 11.3 Å². The summed E-state index contributed by atoms with van der Waals surface area (Å²) >= 11 is 1.23. The number of nitro groups is 1. The predicted molar refractivity (Wildman–Crippen MR) is 109 cm³/mol. The van der Waals surface area contributed by atoms with E-state index < -0.39 is 16.8 Å². The van der Waals surface area contributed by atoms with Gasteiger partial charge in [-0.1, -0.05) is 29.8 Å². The Bertz CT molecular complexity index is 1080. The molecule has 0 aliphatic rings. The largest absolute Gasteiger partial charge is 0.462 e. The highest BCUT2D eigenvalue weighted by molar-refractivity contribution is 7.14. The van der Waals surface area contributed by atoms with E-state index in [1.165, 1.54) is 17.4 Å². The first-order valence-electron chi connectivity index (χ1n) is 8.68. The summed E-state index contributed by atoms with van der Waals surface area (Å²) in [4.78, 5) is 39.4. The maximum Gasteiger partial charge on any atom is 0.338 e. The van der Waals surface area contributed by atoms with E-state index in [1.54, 1.807) is 12.3 Å². The molecule has 0 unspecified atom stereocenters. The van der Waals surface area contributed by atoms with Gasteiger partial charge in [-0.05, 0) is 19.9 Å². The molecule has 1 aromatic heterocycles. The molecule has 148 valence electrons. The minimum atomic E-state index is -0.735. The molecule has 0 saturated carbocycles. The van der Waals surface area contributed by atoms with Gasteiger partial charge in [0.15, 0.2) is 5.13 Å². The van der Waals surface area contributed by atoms with Gasteiger partial charge in [-0.2, -0.15) is 0 Å². The van der Waals surface area contributed by atoms with Gasteiger partial charge in [0.2, 0.25) is 0 Å². The van der Waals surface area contributed by atoms with Crippen LogP contribution in [0.1, 0.15) is 33.2 Å². The summed E-state index contributed by atoms with van der Waals surface area (Å²) in [5.74, 6) is -1.34. The van der Waals surface area contributed by atoms with Gasteiger partial charge in [-0.3, -0.25) is 20.2 Å². The van der Waals surface area contributed by atoms with Crippen molar-refractivity contribution in [2.24, 2.45) is 0 Å². The second kappa shape index (κ2) is 8.61. The highest BCUT2D eigenvalue weighted by Gasteiger charge is 2.19. The van der Waals surface area contributed by atoms with Gasteiger partial charge in [0.05, 0.1) is 22.8 Å². The summed E-state index contributed by atoms with van der Waals surface area (Å²) in [6.45, 7) is 3.72. The molecule has 8 nitrogen and oxygen atoms in total. The summed E-state index contributed by atoms with van der Waals surface area (Å²) in [5.41, 5.74) is 2.27. The van der Waals surface area contributed by atoms with Crippen LogP contribution >= 0.6 is 11.3 Å². The average Bonchev–Trinajstić information content (AvgIpc) is 3.16. The van der Waals surface area contributed by atoms with E-state index in [1.807, 2.05) is 31.2 Å². The molecule has 0 bridgehead atoms. The Balaban J connectivity index is 1.84. The molecule has 1 heterocycles. The number of aryl methyl sites for hydroxylation is 1. The van der Waals surface area contributed by atoms with E-state index >= 15 is 0 Å². The molecule has 1 N–H and O–H groups in total. The number of carbonyl (C=O) groups excluding carboxylic acids is 2. The molecule has 2 aromatic carbocycles. The number of aromatic nitrogens is 1. The Kier molecular flexibility index (Phi) is 5.99. The van der Waals surface area contributed by atoms with E-state index in [2.05, 4.69) is 10.3 Å². The highest BCUT2D eigenvalue weighted by atomic mass is 32.1. The summed E-state index contributed by atoms with van der Waals surface area (Å²) in [7, 11) is 0. The van der Waals surface area contributed by atoms with Crippen LogP contribution in [-0.4, -0.2) is 28.4 Å². The van der Waals surface area contributed by atoms with Gasteiger partial charge < -0.3 is 4.74 Å². The lowest BCUT2D eigenvalue weighted by atomic mass is 10.1. The van der Waals surface area contributed by atoms with Crippen molar-refractivity contribution in [1.82, 2.24) is 4.98 Å². The minimum absolute atomic E-state index is 0.0330. The molecule has 3 aromatic rings. The summed E-state index contributed by atoms with van der Waals surface area (Å²) in [5, 5.41) is 15.9. The second-order valence-corrected chi connectivity index (χ2v) is 6.96. The standard InChI is InChI=1S/C20H17N3O5S/c1-3-28-19(25)15-8-14(9-16(10-15)23(26)27)18(24)22-20-21-17(11-29-20)13-6-4-12(2)5-7-13/h4-11H,3H2,1-2H3,(H,21,22,24). The predicted octanol–water partition coefficient (Wildman–Crippen LogP) is 4.46. The van der Waals surface area contributed by atoms with Gasteiger partial charge >= 0.3 is 5.97 Å². The number of nitro benzene ring substituents is 1. The molecule has 0 aliphatic heterocycles. The lowest BCUT2D eigenvalue weighted by Crippen LogP contribution is -2.14. The van der Waals surface area contributed by atoms with E-state index in [0.29, 0.717) is 10.8 Å². The van der Waals surface area contributed by atoms with E-state index in [9.17, 15) is 19.7 Å². The lowest BCUT2D eigenvalue weighted by Gasteiger charge is -2.06. The van der Waals surface area contributed by atoms with Crippen molar-refractivity contribution in [2.75, 3.05) is 11.9 Å². The average molecular weight is 411 g/mol. The number of nitrogens with one attached hydrogen (secondary N) is 1. The Hall–Kier alpha value is -3.59. The normalized spacial score (nSPS) is 10.4. The Morgan fingerprint density at radius 2 is 1.86 bits per heavy atom. The first kappa shape index (κ1) is 20.2. The molecule has 1 amide bonds. The topological polar surface area (TPSA) is 111 Å². The SMILES string of the molecule is CCOC(=O)c1cc(C(=O)Nc2nc(-c3ccc(C)cc3)cs2)cc([N+](=O)[O-])c1. The first-order chi connectivity index (χ1) is 13.9. The van der Waals surface area contributed by atoms with E-state index in [0.717, 1.165) is 23.3 Å². The fourth-order valence-electron chi connectivity index (χ4n) is 2.54. The quantitative estimate of drug-likeness (QED) is 0.364. The van der Waals surface area contributed by atoms with Gasteiger partial charge in [0.25, 0.3) is 11.6 Å². The summed E-state index contributed by atoms with van der Waals surface area (Å²) in [6.07, 6.45) is 0. The number of nitrogens with zero attached hydrogens (tertiary/aromatic N) is 2. The highest BCUT2D eigenvalue weighted by Crippen LogP contribution is 2.26. The number of amides is 1. The van der Waals surface area contributed by atoms with Crippen LogP contribution in [0, 0.1) is 17.0 Å². The van der Waals surface area contributed by atoms with Crippen molar-refractivity contribution >= 4 is 34.0 Å². The second-order valence-electron chi connectivity index (χ2n) is 6.10. The molecular weight excluding hydrogens is 394 g/mol. The van der Waals surface area contributed by atoms with Crippen LogP contribution in [0.25, 0.3) is 11.3 Å². The summed E-state index contributed by atoms with van der Waals surface area (Å²) in [6, 6.07) is 11.2. The number of benzene rings is 2. The maximum atomic E-state index is 12.6. The molecule has 0 atom stereocenters. The Labute approximate surface area is 170 Å². The number of esters is 1. The molecule has 0 spiro atoms. The summed E-state index contributed by atoms with van der Waals surface area (Å²) < 4.78 is 4.87. The van der Waals surface area contributed by atoms with Crippen LogP contribution in [0.3, 0.4) is 0 Å². The van der Waals surface area contributed by atoms with Gasteiger partial charge in [0.1, 0.15) is 0 Å². The Morgan fingerprint density at radius 3 is 2.52 bits per heavy atom. The van der Waals surface area contributed by atoms with E-state index in [4.69, 9.17) is 4.74 Å². The number of hydrogen-bond acceptors (Lipinski definition) is 7. The molecule has 0 aliphatic carbocycles. The lowest BCUT2D eigenvalue weighted by molar-refractivity contribution is -0.384. The third-order valence-electron chi connectivity index (χ3n) is 3.97. The minimum Gasteiger partial charge on any atom is -0.462 e. The zero-order chi connectivity index (χ0) is 21.0. The molecular formula is C20H17N3O5S. The first-order valence-corrected chi connectivity index (χ1v) is 9.56. The molecule has 0 saturated heterocycles. The molecule has 3 rings (SSSR count). The molecule has 9 heteroatoms. The molecule has 0 radical (unpaired) electrons. The molecule has 29 heavy (non-hydrogen) atoms. The zero-order valence-corrected chi connectivity index (χ0v) is 16.5. The van der Waals surface area contributed by atoms with Crippen molar-refractivity contribution < 1.29 is 19.2 Å². The number of non-ortho nitro benzene ring substituents is 1. The third-order valence-corrected chi connectivity index (χ3v) is 4.73. The van der Waals surface area contributed by atoms with Gasteiger partial charge in [-0.25, -0.2) is 9.78 Å². The van der Waals surface area contributed by atoms with Crippen molar-refractivity contribution in [3.8, 4) is 11.3 Å². The fraction of sp³-hybridized carbons (Fsp3) is 0.150. The van der Waals surface area contributed by atoms with Crippen LogP contribution in [-0.2, 0) is 4.74 Å². The van der Waals surface area contributed by atoms with Crippen LogP contribution in [0.2, 0.25) is 0 Å². The van der Waals surface area contributed by atoms with Crippen LogP contribution < -0.4 is 5.32 Å². The number of anilines is 1. The smallest absolute Gasteiger partial charge is 0.338 e. The number of hydrogen-bond donors (Lipinski definition) is 1. The van der Waals surface area contributed by atoms with Crippen LogP contribution in [0.4, 0.5) is 10.8 Å². The maximum absolute atomic E-state index is 12.6. The fourth-order valence-corrected chi connectivity index (χ4v) is 3.25.